The highest BCUT2D eigenvalue weighted by Gasteiger charge is 2.34. The van der Waals surface area contributed by atoms with Gasteiger partial charge in [0.25, 0.3) is 0 Å². The molecule has 0 aliphatic carbocycles. The fraction of sp³-hybridized carbons (Fsp3) is 0.895. The maximum absolute atomic E-state index is 12.0. The molecular weight excluding hydrogens is 330 g/mol. The van der Waals surface area contributed by atoms with Gasteiger partial charge >= 0.3 is 6.09 Å². The van der Waals surface area contributed by atoms with E-state index in [0.717, 1.165) is 31.4 Å². The minimum absolute atomic E-state index is 0.236. The zero-order valence-electron chi connectivity index (χ0n) is 17.2. The van der Waals surface area contributed by atoms with E-state index in [1.165, 1.54) is 25.9 Å². The van der Waals surface area contributed by atoms with E-state index in [1.54, 1.807) is 4.90 Å². The lowest BCUT2D eigenvalue weighted by Crippen LogP contribution is -2.63. The second kappa shape index (κ2) is 9.44. The maximum atomic E-state index is 12.0. The number of nitrogens with zero attached hydrogens (tertiary/aromatic N) is 3. The number of aliphatic imine (C=N–C) groups is 1. The summed E-state index contributed by atoms with van der Waals surface area (Å²) in [6.07, 6.45) is 3.48. The lowest BCUT2D eigenvalue weighted by atomic mass is 9.94. The molecule has 0 radical (unpaired) electrons. The minimum Gasteiger partial charge on any atom is -0.444 e. The highest BCUT2D eigenvalue weighted by atomic mass is 16.6. The molecule has 7 nitrogen and oxygen atoms in total. The van der Waals surface area contributed by atoms with Crippen molar-refractivity contribution in [1.82, 2.24) is 20.4 Å². The third-order valence-electron chi connectivity index (χ3n) is 4.86. The van der Waals surface area contributed by atoms with E-state index in [2.05, 4.69) is 29.5 Å². The maximum Gasteiger partial charge on any atom is 0.410 e. The van der Waals surface area contributed by atoms with Crippen LogP contribution in [0.3, 0.4) is 0 Å². The number of rotatable bonds is 5. The molecule has 150 valence electrons. The van der Waals surface area contributed by atoms with Crippen LogP contribution in [0.5, 0.6) is 0 Å². The Morgan fingerprint density at radius 2 is 1.88 bits per heavy atom. The Bertz CT molecular complexity index is 475. The first-order chi connectivity index (χ1) is 12.3. The first kappa shape index (κ1) is 20.8. The van der Waals surface area contributed by atoms with Gasteiger partial charge in [0.05, 0.1) is 6.04 Å². The zero-order chi connectivity index (χ0) is 19.2. The summed E-state index contributed by atoms with van der Waals surface area (Å²) in [6, 6.07) is 0.239. The number of nitrogens with one attached hydrogen (secondary N) is 2. The number of carbonyl (C=O) groups is 1. The van der Waals surface area contributed by atoms with Crippen LogP contribution in [0.1, 0.15) is 47.0 Å². The van der Waals surface area contributed by atoms with Gasteiger partial charge in [-0.1, -0.05) is 0 Å². The molecule has 2 aliphatic rings. The molecule has 0 aromatic rings. The van der Waals surface area contributed by atoms with E-state index in [9.17, 15) is 4.79 Å². The van der Waals surface area contributed by atoms with Gasteiger partial charge < -0.3 is 25.2 Å². The van der Waals surface area contributed by atoms with E-state index >= 15 is 0 Å². The van der Waals surface area contributed by atoms with Gasteiger partial charge in [-0.25, -0.2) is 4.79 Å². The van der Waals surface area contributed by atoms with Gasteiger partial charge in [0, 0.05) is 26.2 Å². The number of ether oxygens (including phenoxy) is 1. The molecule has 2 fully saturated rings. The number of likely N-dealkylation sites (tertiary alicyclic amines) is 2. The van der Waals surface area contributed by atoms with Gasteiger partial charge in [0.15, 0.2) is 5.96 Å². The number of carbonyl (C=O) groups excluding carboxylic acids is 1. The van der Waals surface area contributed by atoms with Crippen LogP contribution in [0.15, 0.2) is 4.99 Å². The topological polar surface area (TPSA) is 69.2 Å². The van der Waals surface area contributed by atoms with E-state index in [4.69, 9.17) is 9.73 Å². The summed E-state index contributed by atoms with van der Waals surface area (Å²) in [4.78, 5) is 20.8. The minimum atomic E-state index is -0.445. The van der Waals surface area contributed by atoms with E-state index in [-0.39, 0.29) is 12.1 Å². The van der Waals surface area contributed by atoms with Crippen LogP contribution in [0.25, 0.3) is 0 Å². The van der Waals surface area contributed by atoms with Gasteiger partial charge in [0.1, 0.15) is 5.60 Å². The molecule has 1 amide bonds. The number of piperidine rings is 1. The van der Waals surface area contributed by atoms with Gasteiger partial charge in [-0.2, -0.15) is 0 Å². The molecule has 2 rings (SSSR count). The standard InChI is InChI=1S/C19H37N5O2/c1-6-20-17(21-10-7-15-8-11-23(5)12-9-15)22-16-13-24(14-16)18(25)26-19(2,3)4/h15-16H,6-14H2,1-5H3,(H2,20,21,22). The summed E-state index contributed by atoms with van der Waals surface area (Å²) in [5.41, 5.74) is -0.445. The zero-order valence-corrected chi connectivity index (χ0v) is 17.2. The van der Waals surface area contributed by atoms with Crippen molar-refractivity contribution in [2.45, 2.75) is 58.6 Å². The molecular formula is C19H37N5O2. The predicted molar refractivity (Wildman–Crippen MR) is 106 cm³/mol. The van der Waals surface area contributed by atoms with Gasteiger partial charge in [0.2, 0.25) is 0 Å². The fourth-order valence-corrected chi connectivity index (χ4v) is 3.27. The van der Waals surface area contributed by atoms with Gasteiger partial charge in [-0.3, -0.25) is 4.99 Å². The van der Waals surface area contributed by atoms with E-state index < -0.39 is 5.60 Å². The van der Waals surface area contributed by atoms with E-state index in [1.807, 2.05) is 20.8 Å². The molecule has 0 aromatic heterocycles. The predicted octanol–water partition coefficient (Wildman–Crippen LogP) is 1.89. The van der Waals surface area contributed by atoms with Crippen LogP contribution in [-0.4, -0.2) is 79.8 Å². The Balaban J connectivity index is 1.70. The largest absolute Gasteiger partial charge is 0.444 e. The van der Waals surface area contributed by atoms with Crippen LogP contribution in [0.4, 0.5) is 4.79 Å². The summed E-state index contributed by atoms with van der Waals surface area (Å²) in [5, 5.41) is 6.73. The Morgan fingerprint density at radius 3 is 2.46 bits per heavy atom. The van der Waals surface area contributed by atoms with Crippen LogP contribution < -0.4 is 10.6 Å². The highest BCUT2D eigenvalue weighted by molar-refractivity contribution is 5.80. The molecule has 0 atom stereocenters. The Hall–Kier alpha value is -1.50. The van der Waals surface area contributed by atoms with Crippen molar-refractivity contribution in [3.63, 3.8) is 0 Å². The normalized spacial score (nSPS) is 20.7. The molecule has 0 spiro atoms. The number of hydrogen-bond acceptors (Lipinski definition) is 4. The molecule has 2 saturated heterocycles. The molecule has 0 aromatic carbocycles. The van der Waals surface area contributed by atoms with Gasteiger partial charge in [-0.15, -0.1) is 0 Å². The smallest absolute Gasteiger partial charge is 0.410 e. The average molecular weight is 368 g/mol. The Labute approximate surface area is 158 Å². The molecule has 0 saturated carbocycles. The monoisotopic (exact) mass is 367 g/mol. The van der Waals surface area contributed by atoms with Crippen LogP contribution >= 0.6 is 0 Å². The van der Waals surface area contributed by atoms with Crippen LogP contribution in [0.2, 0.25) is 0 Å². The number of amides is 1. The van der Waals surface area contributed by atoms with Crippen molar-refractivity contribution in [1.29, 1.82) is 0 Å². The van der Waals surface area contributed by atoms with E-state index in [0.29, 0.717) is 13.1 Å². The van der Waals surface area contributed by atoms with Crippen molar-refractivity contribution in [3.05, 3.63) is 0 Å². The summed E-state index contributed by atoms with van der Waals surface area (Å²) < 4.78 is 5.39. The second-order valence-corrected chi connectivity index (χ2v) is 8.52. The number of hydrogen-bond donors (Lipinski definition) is 2. The molecule has 0 unspecified atom stereocenters. The Kier molecular flexibility index (Phi) is 7.55. The summed E-state index contributed by atoms with van der Waals surface area (Å²) in [5.74, 6) is 1.65. The summed E-state index contributed by atoms with van der Waals surface area (Å²) >= 11 is 0. The molecule has 2 heterocycles. The lowest BCUT2D eigenvalue weighted by molar-refractivity contribution is 0.00700. The highest BCUT2D eigenvalue weighted by Crippen LogP contribution is 2.19. The first-order valence-corrected chi connectivity index (χ1v) is 9.98. The third kappa shape index (κ3) is 7.02. The van der Waals surface area contributed by atoms with Crippen molar-refractivity contribution in [2.24, 2.45) is 10.9 Å². The third-order valence-corrected chi connectivity index (χ3v) is 4.86. The quantitative estimate of drug-likeness (QED) is 0.574. The van der Waals surface area contributed by atoms with Crippen LogP contribution in [-0.2, 0) is 4.74 Å². The number of guanidine groups is 1. The first-order valence-electron chi connectivity index (χ1n) is 9.98. The second-order valence-electron chi connectivity index (χ2n) is 8.52. The summed E-state index contributed by atoms with van der Waals surface area (Å²) in [7, 11) is 2.20. The molecule has 2 aliphatic heterocycles. The molecule has 26 heavy (non-hydrogen) atoms. The molecule has 0 bridgehead atoms. The molecule has 2 N–H and O–H groups in total. The fourth-order valence-electron chi connectivity index (χ4n) is 3.27. The van der Waals surface area contributed by atoms with Crippen molar-refractivity contribution < 1.29 is 9.53 Å². The average Bonchev–Trinajstić information content (AvgIpc) is 2.50. The van der Waals surface area contributed by atoms with Crippen molar-refractivity contribution >= 4 is 12.1 Å². The Morgan fingerprint density at radius 1 is 1.23 bits per heavy atom. The molecule has 7 heteroatoms. The van der Waals surface area contributed by atoms with Crippen molar-refractivity contribution in [3.8, 4) is 0 Å². The SMILES string of the molecule is CCNC(=NCCC1CCN(C)CC1)NC1CN(C(=O)OC(C)(C)C)C1. The lowest BCUT2D eigenvalue weighted by Gasteiger charge is -2.40. The van der Waals surface area contributed by atoms with Crippen LogP contribution in [0, 0.1) is 5.92 Å². The van der Waals surface area contributed by atoms with Gasteiger partial charge in [-0.05, 0) is 73.0 Å². The van der Waals surface area contributed by atoms with Crippen molar-refractivity contribution in [2.75, 3.05) is 46.3 Å². The summed E-state index contributed by atoms with van der Waals surface area (Å²) in [6.45, 7) is 13.2.